The van der Waals surface area contributed by atoms with Crippen LogP contribution in [0.2, 0.25) is 0 Å². The zero-order valence-electron chi connectivity index (χ0n) is 9.20. The van der Waals surface area contributed by atoms with Crippen molar-refractivity contribution in [1.82, 2.24) is 0 Å². The summed E-state index contributed by atoms with van der Waals surface area (Å²) in [5, 5.41) is 9.57. The minimum absolute atomic E-state index is 0.0953. The van der Waals surface area contributed by atoms with Crippen LogP contribution in [0.15, 0.2) is 27.4 Å². The normalized spacial score (nSPS) is 10.3. The van der Waals surface area contributed by atoms with Gasteiger partial charge in [-0.3, -0.25) is 0 Å². The molecule has 0 unspecified atom stereocenters. The highest BCUT2D eigenvalue weighted by Gasteiger charge is 2.10. The van der Waals surface area contributed by atoms with Gasteiger partial charge in [0.25, 0.3) is 0 Å². The Morgan fingerprint density at radius 2 is 2.12 bits per heavy atom. The van der Waals surface area contributed by atoms with Gasteiger partial charge < -0.3 is 4.42 Å². The zero-order valence-corrected chi connectivity index (χ0v) is 9.20. The predicted molar refractivity (Wildman–Crippen MR) is 61.3 cm³/mol. The Labute approximate surface area is 92.9 Å². The molecule has 1 aromatic carbocycles. The molecule has 1 heterocycles. The second-order valence-electron chi connectivity index (χ2n) is 3.83. The van der Waals surface area contributed by atoms with Crippen LogP contribution in [0.25, 0.3) is 11.0 Å². The van der Waals surface area contributed by atoms with Crippen LogP contribution < -0.4 is 5.63 Å². The molecule has 0 saturated heterocycles. The highest BCUT2D eigenvalue weighted by molar-refractivity contribution is 5.81. The molecular formula is C13H11NO2. The summed E-state index contributed by atoms with van der Waals surface area (Å²) in [6.07, 6.45) is 0.0953. The van der Waals surface area contributed by atoms with Gasteiger partial charge in [0, 0.05) is 5.39 Å². The molecule has 0 atom stereocenters. The van der Waals surface area contributed by atoms with Gasteiger partial charge in [-0.15, -0.1) is 0 Å². The molecule has 1 aromatic heterocycles. The van der Waals surface area contributed by atoms with Crippen LogP contribution in [-0.2, 0) is 6.42 Å². The molecule has 0 spiro atoms. The highest BCUT2D eigenvalue weighted by Crippen LogP contribution is 2.20. The molecule has 0 aliphatic rings. The molecular weight excluding hydrogens is 202 g/mol. The molecule has 16 heavy (non-hydrogen) atoms. The monoisotopic (exact) mass is 213 g/mol. The van der Waals surface area contributed by atoms with Gasteiger partial charge in [-0.2, -0.15) is 5.26 Å². The third kappa shape index (κ3) is 1.59. The molecule has 0 N–H and O–H groups in total. The van der Waals surface area contributed by atoms with Gasteiger partial charge in [-0.25, -0.2) is 4.79 Å². The van der Waals surface area contributed by atoms with E-state index in [1.165, 1.54) is 0 Å². The van der Waals surface area contributed by atoms with Gasteiger partial charge in [-0.1, -0.05) is 11.6 Å². The molecule has 80 valence electrons. The van der Waals surface area contributed by atoms with Crippen molar-refractivity contribution in [2.24, 2.45) is 0 Å². The van der Waals surface area contributed by atoms with E-state index in [0.717, 1.165) is 16.5 Å². The molecule has 2 rings (SSSR count). The van der Waals surface area contributed by atoms with Crippen LogP contribution in [0.4, 0.5) is 0 Å². The van der Waals surface area contributed by atoms with Crippen molar-refractivity contribution < 1.29 is 4.42 Å². The zero-order chi connectivity index (χ0) is 11.7. The van der Waals surface area contributed by atoms with Gasteiger partial charge >= 0.3 is 5.63 Å². The van der Waals surface area contributed by atoms with Crippen molar-refractivity contribution in [2.75, 3.05) is 0 Å². The predicted octanol–water partition coefficient (Wildman–Crippen LogP) is 2.48. The van der Waals surface area contributed by atoms with E-state index in [0.29, 0.717) is 11.1 Å². The van der Waals surface area contributed by atoms with E-state index < -0.39 is 5.63 Å². The third-order valence-corrected chi connectivity index (χ3v) is 2.70. The van der Waals surface area contributed by atoms with Crippen LogP contribution in [-0.4, -0.2) is 0 Å². The minimum Gasteiger partial charge on any atom is -0.422 e. The molecule has 0 aliphatic heterocycles. The maximum atomic E-state index is 11.6. The van der Waals surface area contributed by atoms with Gasteiger partial charge in [0.2, 0.25) is 0 Å². The molecule has 3 nitrogen and oxygen atoms in total. The molecule has 0 fully saturated rings. The van der Waals surface area contributed by atoms with Gasteiger partial charge in [-0.05, 0) is 31.5 Å². The molecule has 0 aliphatic carbocycles. The van der Waals surface area contributed by atoms with Gasteiger partial charge in [0.05, 0.1) is 18.1 Å². The number of nitriles is 1. The lowest BCUT2D eigenvalue weighted by Crippen LogP contribution is -2.09. The van der Waals surface area contributed by atoms with Crippen LogP contribution in [0.3, 0.4) is 0 Å². The summed E-state index contributed by atoms with van der Waals surface area (Å²) in [6, 6.07) is 7.64. The van der Waals surface area contributed by atoms with Crippen LogP contribution in [0.5, 0.6) is 0 Å². The van der Waals surface area contributed by atoms with Crippen molar-refractivity contribution in [3.8, 4) is 6.07 Å². The summed E-state index contributed by atoms with van der Waals surface area (Å²) in [4.78, 5) is 11.6. The topological polar surface area (TPSA) is 54.0 Å². The van der Waals surface area contributed by atoms with Crippen LogP contribution in [0, 0.1) is 25.2 Å². The van der Waals surface area contributed by atoms with E-state index >= 15 is 0 Å². The second kappa shape index (κ2) is 3.82. The summed E-state index contributed by atoms with van der Waals surface area (Å²) in [5.74, 6) is 0. The number of aryl methyl sites for hydroxylation is 2. The van der Waals surface area contributed by atoms with E-state index in [2.05, 4.69) is 0 Å². The number of hydrogen-bond acceptors (Lipinski definition) is 3. The Hall–Kier alpha value is -2.08. The van der Waals surface area contributed by atoms with Gasteiger partial charge in [0.1, 0.15) is 5.58 Å². The largest absolute Gasteiger partial charge is 0.422 e. The number of nitrogens with zero attached hydrogens (tertiary/aromatic N) is 1. The van der Waals surface area contributed by atoms with Crippen molar-refractivity contribution in [1.29, 1.82) is 5.26 Å². The average Bonchev–Trinajstić information content (AvgIpc) is 2.26. The van der Waals surface area contributed by atoms with Crippen LogP contribution in [0.1, 0.15) is 16.7 Å². The fourth-order valence-electron chi connectivity index (χ4n) is 1.79. The standard InChI is InChI=1S/C13H11NO2/c1-8-3-4-12-11(7-8)9(2)10(5-6-14)13(15)16-12/h3-4,7H,5H2,1-2H3. The summed E-state index contributed by atoms with van der Waals surface area (Å²) >= 11 is 0. The van der Waals surface area contributed by atoms with Gasteiger partial charge in [0.15, 0.2) is 0 Å². The lowest BCUT2D eigenvalue weighted by molar-refractivity contribution is 0.551. The van der Waals surface area contributed by atoms with Crippen molar-refractivity contribution in [2.45, 2.75) is 20.3 Å². The Morgan fingerprint density at radius 1 is 1.38 bits per heavy atom. The Bertz CT molecular complexity index is 647. The smallest absolute Gasteiger partial charge is 0.340 e. The quantitative estimate of drug-likeness (QED) is 0.684. The summed E-state index contributed by atoms with van der Waals surface area (Å²) in [7, 11) is 0. The van der Waals surface area contributed by atoms with E-state index in [9.17, 15) is 4.79 Å². The van der Waals surface area contributed by atoms with Crippen molar-refractivity contribution in [3.05, 3.63) is 45.3 Å². The molecule has 0 amide bonds. The first-order chi connectivity index (χ1) is 7.63. The average molecular weight is 213 g/mol. The Balaban J connectivity index is 2.86. The van der Waals surface area contributed by atoms with Crippen molar-refractivity contribution >= 4 is 11.0 Å². The van der Waals surface area contributed by atoms with E-state index in [1.807, 2.05) is 32.0 Å². The number of fused-ring (bicyclic) bond motifs is 1. The summed E-state index contributed by atoms with van der Waals surface area (Å²) in [6.45, 7) is 3.83. The fourth-order valence-corrected chi connectivity index (χ4v) is 1.79. The molecule has 0 saturated carbocycles. The third-order valence-electron chi connectivity index (χ3n) is 2.70. The first-order valence-electron chi connectivity index (χ1n) is 5.03. The molecule has 3 heteroatoms. The summed E-state index contributed by atoms with van der Waals surface area (Å²) < 4.78 is 5.17. The summed E-state index contributed by atoms with van der Waals surface area (Å²) in [5.41, 5.74) is 2.58. The highest BCUT2D eigenvalue weighted by atomic mass is 16.4. The maximum absolute atomic E-state index is 11.6. The first-order valence-corrected chi connectivity index (χ1v) is 5.03. The molecule has 0 bridgehead atoms. The van der Waals surface area contributed by atoms with E-state index in [4.69, 9.17) is 9.68 Å². The van der Waals surface area contributed by atoms with E-state index in [-0.39, 0.29) is 6.42 Å². The lowest BCUT2D eigenvalue weighted by atomic mass is 10.0. The SMILES string of the molecule is Cc1ccc2oc(=O)c(CC#N)c(C)c2c1. The fraction of sp³-hybridized carbons (Fsp3) is 0.231. The minimum atomic E-state index is -0.407. The molecule has 0 radical (unpaired) electrons. The number of benzene rings is 1. The number of rotatable bonds is 1. The Kier molecular flexibility index (Phi) is 2.49. The Morgan fingerprint density at radius 3 is 2.81 bits per heavy atom. The van der Waals surface area contributed by atoms with E-state index in [1.54, 1.807) is 6.07 Å². The number of hydrogen-bond donors (Lipinski definition) is 0. The van der Waals surface area contributed by atoms with Crippen molar-refractivity contribution in [3.63, 3.8) is 0 Å². The molecule has 2 aromatic rings. The maximum Gasteiger partial charge on any atom is 0.340 e. The van der Waals surface area contributed by atoms with Crippen LogP contribution >= 0.6 is 0 Å². The first kappa shape index (κ1) is 10.4. The second-order valence-corrected chi connectivity index (χ2v) is 3.83. The lowest BCUT2D eigenvalue weighted by Gasteiger charge is -2.05.